The standard InChI is InChI=1S/C12H14O2/c13-8-7-12(9-1-2-9)10-3-5-11(14)6-4-10/h3-7,9,13-14H,1-2,8H2/b12-7-. The molecule has 1 fully saturated rings. The Kier molecular flexibility index (Phi) is 2.55. The zero-order valence-electron chi connectivity index (χ0n) is 7.98. The molecule has 2 heteroatoms. The predicted molar refractivity (Wildman–Crippen MR) is 55.9 cm³/mol. The van der Waals surface area contributed by atoms with Crippen molar-refractivity contribution in [3.05, 3.63) is 35.9 Å². The van der Waals surface area contributed by atoms with E-state index >= 15 is 0 Å². The van der Waals surface area contributed by atoms with E-state index in [9.17, 15) is 0 Å². The van der Waals surface area contributed by atoms with Crippen molar-refractivity contribution >= 4 is 5.57 Å². The molecule has 0 radical (unpaired) electrons. The number of phenols is 1. The van der Waals surface area contributed by atoms with Crippen LogP contribution in [0.4, 0.5) is 0 Å². The van der Waals surface area contributed by atoms with Crippen molar-refractivity contribution in [3.8, 4) is 5.75 Å². The number of allylic oxidation sites excluding steroid dienone is 1. The minimum absolute atomic E-state index is 0.0900. The van der Waals surface area contributed by atoms with E-state index < -0.39 is 0 Å². The quantitative estimate of drug-likeness (QED) is 0.767. The summed E-state index contributed by atoms with van der Waals surface area (Å²) in [6.45, 7) is 0.0900. The summed E-state index contributed by atoms with van der Waals surface area (Å²) in [5, 5.41) is 18.1. The third kappa shape index (κ3) is 1.96. The number of rotatable bonds is 3. The van der Waals surface area contributed by atoms with Gasteiger partial charge in [-0.3, -0.25) is 0 Å². The first-order valence-corrected chi connectivity index (χ1v) is 4.91. The minimum Gasteiger partial charge on any atom is -0.508 e. The minimum atomic E-state index is 0.0900. The molecule has 2 rings (SSSR count). The van der Waals surface area contributed by atoms with Crippen molar-refractivity contribution in [1.82, 2.24) is 0 Å². The Balaban J connectivity index is 2.26. The molecule has 74 valence electrons. The number of aliphatic hydroxyl groups excluding tert-OH is 1. The fraction of sp³-hybridized carbons (Fsp3) is 0.333. The predicted octanol–water partition coefficient (Wildman–Crippen LogP) is 2.18. The highest BCUT2D eigenvalue weighted by Crippen LogP contribution is 2.41. The fourth-order valence-corrected chi connectivity index (χ4v) is 1.67. The van der Waals surface area contributed by atoms with Gasteiger partial charge in [-0.1, -0.05) is 18.2 Å². The molecule has 0 aromatic heterocycles. The van der Waals surface area contributed by atoms with E-state index in [4.69, 9.17) is 10.2 Å². The first kappa shape index (κ1) is 9.28. The molecule has 0 atom stereocenters. The summed E-state index contributed by atoms with van der Waals surface area (Å²) in [5.74, 6) is 0.902. The van der Waals surface area contributed by atoms with Crippen LogP contribution in [0, 0.1) is 5.92 Å². The van der Waals surface area contributed by atoms with Gasteiger partial charge in [-0.15, -0.1) is 0 Å². The van der Waals surface area contributed by atoms with Gasteiger partial charge >= 0.3 is 0 Å². The Hall–Kier alpha value is -1.28. The molecule has 1 aromatic carbocycles. The zero-order valence-corrected chi connectivity index (χ0v) is 7.98. The molecule has 1 aliphatic rings. The summed E-state index contributed by atoms with van der Waals surface area (Å²) in [6.07, 6.45) is 4.30. The van der Waals surface area contributed by atoms with Gasteiger partial charge in [0.05, 0.1) is 6.61 Å². The van der Waals surface area contributed by atoms with E-state index in [1.165, 1.54) is 18.4 Å². The molecular weight excluding hydrogens is 176 g/mol. The van der Waals surface area contributed by atoms with E-state index in [0.717, 1.165) is 5.56 Å². The van der Waals surface area contributed by atoms with Crippen LogP contribution >= 0.6 is 0 Å². The topological polar surface area (TPSA) is 40.5 Å². The first-order chi connectivity index (χ1) is 6.81. The second kappa shape index (κ2) is 3.84. The van der Waals surface area contributed by atoms with E-state index in [1.54, 1.807) is 12.1 Å². The van der Waals surface area contributed by atoms with Crippen molar-refractivity contribution in [2.24, 2.45) is 5.92 Å². The van der Waals surface area contributed by atoms with Crippen LogP contribution in [-0.4, -0.2) is 16.8 Å². The number of hydrogen-bond donors (Lipinski definition) is 2. The van der Waals surface area contributed by atoms with Gasteiger partial charge < -0.3 is 10.2 Å². The van der Waals surface area contributed by atoms with Crippen LogP contribution in [-0.2, 0) is 0 Å². The van der Waals surface area contributed by atoms with Crippen molar-refractivity contribution < 1.29 is 10.2 Å². The highest BCUT2D eigenvalue weighted by atomic mass is 16.3. The smallest absolute Gasteiger partial charge is 0.115 e. The largest absolute Gasteiger partial charge is 0.508 e. The van der Waals surface area contributed by atoms with Gasteiger partial charge in [0.1, 0.15) is 5.75 Å². The average molecular weight is 190 g/mol. The van der Waals surface area contributed by atoms with E-state index in [0.29, 0.717) is 5.92 Å². The number of hydrogen-bond acceptors (Lipinski definition) is 2. The van der Waals surface area contributed by atoms with Crippen LogP contribution in [0.5, 0.6) is 5.75 Å². The molecule has 1 aliphatic carbocycles. The second-order valence-corrected chi connectivity index (χ2v) is 3.66. The summed E-state index contributed by atoms with van der Waals surface area (Å²) in [4.78, 5) is 0. The molecule has 0 heterocycles. The molecule has 14 heavy (non-hydrogen) atoms. The third-order valence-corrected chi connectivity index (χ3v) is 2.53. The lowest BCUT2D eigenvalue weighted by Gasteiger charge is -2.05. The fourth-order valence-electron chi connectivity index (χ4n) is 1.67. The Labute approximate surface area is 83.5 Å². The normalized spacial score (nSPS) is 17.1. The number of aliphatic hydroxyl groups is 1. The summed E-state index contributed by atoms with van der Waals surface area (Å²) >= 11 is 0. The van der Waals surface area contributed by atoms with Gasteiger partial charge in [-0.05, 0) is 42.0 Å². The molecule has 0 amide bonds. The summed E-state index contributed by atoms with van der Waals surface area (Å²) in [5.41, 5.74) is 2.33. The third-order valence-electron chi connectivity index (χ3n) is 2.53. The van der Waals surface area contributed by atoms with Crippen molar-refractivity contribution in [2.45, 2.75) is 12.8 Å². The van der Waals surface area contributed by atoms with Crippen LogP contribution in [0.25, 0.3) is 5.57 Å². The Morgan fingerprint density at radius 1 is 1.29 bits per heavy atom. The molecule has 0 bridgehead atoms. The summed E-state index contributed by atoms with van der Waals surface area (Å²) < 4.78 is 0. The molecule has 2 nitrogen and oxygen atoms in total. The maximum absolute atomic E-state index is 9.15. The average Bonchev–Trinajstić information content (AvgIpc) is 2.99. The lowest BCUT2D eigenvalue weighted by Crippen LogP contribution is -1.88. The molecule has 1 saturated carbocycles. The maximum atomic E-state index is 9.15. The molecule has 0 aliphatic heterocycles. The highest BCUT2D eigenvalue weighted by molar-refractivity contribution is 5.69. The Morgan fingerprint density at radius 2 is 1.93 bits per heavy atom. The molecule has 2 N–H and O–H groups in total. The van der Waals surface area contributed by atoms with Crippen LogP contribution in [0.3, 0.4) is 0 Å². The molecule has 0 spiro atoms. The van der Waals surface area contributed by atoms with Gasteiger partial charge in [0.15, 0.2) is 0 Å². The first-order valence-electron chi connectivity index (χ1n) is 4.91. The van der Waals surface area contributed by atoms with Gasteiger partial charge in [-0.2, -0.15) is 0 Å². The second-order valence-electron chi connectivity index (χ2n) is 3.66. The Bertz CT molecular complexity index is 334. The zero-order chi connectivity index (χ0) is 9.97. The highest BCUT2D eigenvalue weighted by Gasteiger charge is 2.26. The lowest BCUT2D eigenvalue weighted by atomic mass is 10.0. The van der Waals surface area contributed by atoms with Crippen LogP contribution in [0.2, 0.25) is 0 Å². The van der Waals surface area contributed by atoms with Crippen molar-refractivity contribution in [2.75, 3.05) is 6.61 Å². The van der Waals surface area contributed by atoms with Gasteiger partial charge in [0.2, 0.25) is 0 Å². The lowest BCUT2D eigenvalue weighted by molar-refractivity contribution is 0.343. The number of phenolic OH excluding ortho intramolecular Hbond substituents is 1. The Morgan fingerprint density at radius 3 is 2.43 bits per heavy atom. The van der Waals surface area contributed by atoms with Crippen molar-refractivity contribution in [3.63, 3.8) is 0 Å². The number of aromatic hydroxyl groups is 1. The van der Waals surface area contributed by atoms with Crippen LogP contribution in [0.1, 0.15) is 18.4 Å². The van der Waals surface area contributed by atoms with Gasteiger partial charge in [-0.25, -0.2) is 0 Å². The molecule has 1 aromatic rings. The van der Waals surface area contributed by atoms with Gasteiger partial charge in [0.25, 0.3) is 0 Å². The van der Waals surface area contributed by atoms with E-state index in [1.807, 2.05) is 18.2 Å². The maximum Gasteiger partial charge on any atom is 0.115 e. The monoisotopic (exact) mass is 190 g/mol. The van der Waals surface area contributed by atoms with E-state index in [-0.39, 0.29) is 12.4 Å². The number of benzene rings is 1. The van der Waals surface area contributed by atoms with Crippen LogP contribution in [0.15, 0.2) is 30.3 Å². The SMILES string of the molecule is OC/C=C(\c1ccc(O)cc1)C1CC1. The van der Waals surface area contributed by atoms with Crippen molar-refractivity contribution in [1.29, 1.82) is 0 Å². The van der Waals surface area contributed by atoms with Gasteiger partial charge in [0, 0.05) is 0 Å². The molecule has 0 unspecified atom stereocenters. The molecular formula is C12H14O2. The summed E-state index contributed by atoms with van der Waals surface area (Å²) in [6, 6.07) is 7.16. The molecule has 0 saturated heterocycles. The van der Waals surface area contributed by atoms with E-state index in [2.05, 4.69) is 0 Å². The van der Waals surface area contributed by atoms with Crippen LogP contribution < -0.4 is 0 Å². The summed E-state index contributed by atoms with van der Waals surface area (Å²) in [7, 11) is 0.